The van der Waals surface area contributed by atoms with Gasteiger partial charge in [0.05, 0.1) is 16.2 Å². The molecule has 1 saturated carbocycles. The lowest BCUT2D eigenvalue weighted by Gasteiger charge is -2.31. The molecule has 1 aliphatic heterocycles. The third-order valence-electron chi connectivity index (χ3n) is 6.59. The smallest absolute Gasteiger partial charge is 0.262 e. The maximum Gasteiger partial charge on any atom is 0.262 e. The summed E-state index contributed by atoms with van der Waals surface area (Å²) in [6.07, 6.45) is 5.04. The van der Waals surface area contributed by atoms with Gasteiger partial charge in [0, 0.05) is 24.2 Å². The lowest BCUT2D eigenvalue weighted by Crippen LogP contribution is -2.40. The largest absolute Gasteiger partial charge is 0.337 e. The summed E-state index contributed by atoms with van der Waals surface area (Å²) in [7, 11) is 0. The van der Waals surface area contributed by atoms with Crippen LogP contribution in [0.4, 0.5) is 0 Å². The lowest BCUT2D eigenvalue weighted by atomic mass is 10.00. The molecule has 1 atom stereocenters. The zero-order valence-corrected chi connectivity index (χ0v) is 19.7. The Balaban J connectivity index is 1.45. The quantitative estimate of drug-likeness (QED) is 0.389. The number of hydrogen-bond donors (Lipinski definition) is 0. The number of fused-ring (bicyclic) bond motifs is 2. The van der Waals surface area contributed by atoms with Crippen molar-refractivity contribution in [2.24, 2.45) is 0 Å². The van der Waals surface area contributed by atoms with Gasteiger partial charge in [-0.2, -0.15) is 0 Å². The van der Waals surface area contributed by atoms with Gasteiger partial charge >= 0.3 is 0 Å². The van der Waals surface area contributed by atoms with Gasteiger partial charge in [0.25, 0.3) is 5.56 Å². The molecular weight excluding hydrogens is 442 g/mol. The molecule has 2 aliphatic rings. The van der Waals surface area contributed by atoms with Gasteiger partial charge in [-0.25, -0.2) is 4.98 Å². The van der Waals surface area contributed by atoms with Crippen LogP contribution in [0.25, 0.3) is 10.9 Å². The molecule has 1 fully saturated rings. The molecule has 0 saturated heterocycles. The highest BCUT2D eigenvalue weighted by Crippen LogP contribution is 2.34. The van der Waals surface area contributed by atoms with Gasteiger partial charge in [-0.1, -0.05) is 60.5 Å². The molecule has 5 rings (SSSR count). The molecule has 1 aromatic heterocycles. The molecule has 166 valence electrons. The van der Waals surface area contributed by atoms with Crippen LogP contribution in [0.2, 0.25) is 5.02 Å². The number of nitrogens with zero attached hydrogens (tertiary/aromatic N) is 3. The zero-order chi connectivity index (χ0) is 22.2. The van der Waals surface area contributed by atoms with Gasteiger partial charge in [0.2, 0.25) is 5.91 Å². The number of rotatable bonds is 4. The molecule has 5 nitrogen and oxygen atoms in total. The predicted molar refractivity (Wildman–Crippen MR) is 129 cm³/mol. The summed E-state index contributed by atoms with van der Waals surface area (Å²) >= 11 is 7.57. The van der Waals surface area contributed by atoms with Crippen LogP contribution in [-0.4, -0.2) is 32.2 Å². The third-order valence-corrected chi connectivity index (χ3v) is 7.88. The van der Waals surface area contributed by atoms with Gasteiger partial charge in [-0.15, -0.1) is 0 Å². The molecule has 0 spiro atoms. The van der Waals surface area contributed by atoms with E-state index in [-0.39, 0.29) is 22.8 Å². The van der Waals surface area contributed by atoms with Crippen LogP contribution in [0, 0.1) is 0 Å². The summed E-state index contributed by atoms with van der Waals surface area (Å²) in [6.45, 7) is 3.27. The summed E-state index contributed by atoms with van der Waals surface area (Å²) in [5, 5.41) is 1.42. The van der Waals surface area contributed by atoms with Crippen molar-refractivity contribution in [3.05, 3.63) is 69.0 Å². The molecule has 7 heteroatoms. The summed E-state index contributed by atoms with van der Waals surface area (Å²) < 4.78 is 1.84. The van der Waals surface area contributed by atoms with E-state index < -0.39 is 0 Å². The number of benzene rings is 2. The number of amides is 1. The second-order valence-corrected chi connectivity index (χ2v) is 10.5. The van der Waals surface area contributed by atoms with Crippen LogP contribution in [0.3, 0.4) is 0 Å². The highest BCUT2D eigenvalue weighted by Gasteiger charge is 2.29. The second-order valence-electron chi connectivity index (χ2n) is 8.71. The molecule has 2 aromatic carbocycles. The summed E-state index contributed by atoms with van der Waals surface area (Å²) in [4.78, 5) is 33.5. The molecule has 1 aliphatic carbocycles. The molecule has 32 heavy (non-hydrogen) atoms. The fraction of sp³-hybridized carbons (Fsp3) is 0.400. The number of hydrogen-bond acceptors (Lipinski definition) is 4. The van der Waals surface area contributed by atoms with E-state index in [0.717, 1.165) is 38.6 Å². The Morgan fingerprint density at radius 2 is 1.91 bits per heavy atom. The van der Waals surface area contributed by atoms with Crippen molar-refractivity contribution in [1.29, 1.82) is 0 Å². The Labute approximate surface area is 196 Å². The Bertz CT molecular complexity index is 1240. The number of halogens is 1. The highest BCUT2D eigenvalue weighted by atomic mass is 35.5. The van der Waals surface area contributed by atoms with Crippen LogP contribution in [0.1, 0.15) is 49.8 Å². The van der Waals surface area contributed by atoms with E-state index >= 15 is 0 Å². The molecule has 1 amide bonds. The standard InChI is InChI=1S/C25H26ClN3O2S/c1-16(23(30)28-13-12-17-6-2-3-7-18(17)15-28)32-25-27-22-14-19(26)10-11-21(22)24(31)29(25)20-8-4-5-9-20/h2-3,6-7,10-11,14,16,20H,4-5,8-9,12-13,15H2,1H3. The number of aromatic nitrogens is 2. The van der Waals surface area contributed by atoms with E-state index in [2.05, 4.69) is 18.2 Å². The minimum absolute atomic E-state index is 0.0346. The molecular formula is C25H26ClN3O2S. The van der Waals surface area contributed by atoms with Crippen LogP contribution in [0.15, 0.2) is 52.4 Å². The van der Waals surface area contributed by atoms with Crippen molar-refractivity contribution >= 4 is 40.2 Å². The van der Waals surface area contributed by atoms with E-state index in [0.29, 0.717) is 27.6 Å². The number of carbonyl (C=O) groups excluding carboxylic acids is 1. The Hall–Kier alpha value is -2.31. The van der Waals surface area contributed by atoms with Crippen LogP contribution in [-0.2, 0) is 17.8 Å². The van der Waals surface area contributed by atoms with E-state index in [1.165, 1.54) is 22.9 Å². The number of carbonyl (C=O) groups is 1. The lowest BCUT2D eigenvalue weighted by molar-refractivity contribution is -0.131. The average Bonchev–Trinajstić information content (AvgIpc) is 3.32. The van der Waals surface area contributed by atoms with Crippen LogP contribution in [0.5, 0.6) is 0 Å². The monoisotopic (exact) mass is 467 g/mol. The van der Waals surface area contributed by atoms with Gasteiger partial charge in [-0.3, -0.25) is 14.2 Å². The minimum atomic E-state index is -0.337. The molecule has 3 aromatic rings. The molecule has 2 heterocycles. The normalized spacial score (nSPS) is 17.5. The summed E-state index contributed by atoms with van der Waals surface area (Å²) in [5.74, 6) is 0.0860. The topological polar surface area (TPSA) is 55.2 Å². The SMILES string of the molecule is CC(Sc1nc2cc(Cl)ccc2c(=O)n1C1CCCC1)C(=O)N1CCc2ccccc2C1. The Morgan fingerprint density at radius 1 is 1.16 bits per heavy atom. The van der Waals surface area contributed by atoms with Gasteiger partial charge in [-0.05, 0) is 55.5 Å². The first-order valence-electron chi connectivity index (χ1n) is 11.3. The van der Waals surface area contributed by atoms with Crippen molar-refractivity contribution in [3.63, 3.8) is 0 Å². The van der Waals surface area contributed by atoms with Crippen molar-refractivity contribution in [1.82, 2.24) is 14.5 Å². The minimum Gasteiger partial charge on any atom is -0.337 e. The number of thioether (sulfide) groups is 1. The second kappa shape index (κ2) is 8.91. The third kappa shape index (κ3) is 4.06. The Kier molecular flexibility index (Phi) is 5.99. The van der Waals surface area contributed by atoms with Crippen molar-refractivity contribution in [3.8, 4) is 0 Å². The first kappa shape index (κ1) is 21.5. The summed E-state index contributed by atoms with van der Waals surface area (Å²) in [5.41, 5.74) is 3.09. The van der Waals surface area contributed by atoms with E-state index in [1.807, 2.05) is 22.5 Å². The first-order chi connectivity index (χ1) is 15.5. The van der Waals surface area contributed by atoms with Crippen molar-refractivity contribution in [2.75, 3.05) is 6.54 Å². The van der Waals surface area contributed by atoms with Gasteiger partial charge < -0.3 is 4.90 Å². The van der Waals surface area contributed by atoms with Crippen molar-refractivity contribution < 1.29 is 4.79 Å². The Morgan fingerprint density at radius 3 is 2.69 bits per heavy atom. The molecule has 1 unspecified atom stereocenters. The first-order valence-corrected chi connectivity index (χ1v) is 12.5. The van der Waals surface area contributed by atoms with Gasteiger partial charge in [0.15, 0.2) is 5.16 Å². The van der Waals surface area contributed by atoms with E-state index in [1.54, 1.807) is 18.2 Å². The van der Waals surface area contributed by atoms with E-state index in [9.17, 15) is 9.59 Å². The maximum absolute atomic E-state index is 13.4. The maximum atomic E-state index is 13.4. The predicted octanol–water partition coefficient (Wildman–Crippen LogP) is 5.23. The fourth-order valence-electron chi connectivity index (χ4n) is 4.87. The highest BCUT2D eigenvalue weighted by molar-refractivity contribution is 8.00. The van der Waals surface area contributed by atoms with E-state index in [4.69, 9.17) is 16.6 Å². The van der Waals surface area contributed by atoms with Crippen LogP contribution >= 0.6 is 23.4 Å². The molecule has 0 bridgehead atoms. The average molecular weight is 468 g/mol. The van der Waals surface area contributed by atoms with Gasteiger partial charge in [0.1, 0.15) is 0 Å². The fourth-order valence-corrected chi connectivity index (χ4v) is 6.10. The summed E-state index contributed by atoms with van der Waals surface area (Å²) in [6, 6.07) is 13.7. The molecule has 0 N–H and O–H groups in total. The van der Waals surface area contributed by atoms with Crippen molar-refractivity contribution in [2.45, 2.75) is 62.0 Å². The molecule has 0 radical (unpaired) electrons. The van der Waals surface area contributed by atoms with Crippen LogP contribution < -0.4 is 5.56 Å². The zero-order valence-electron chi connectivity index (χ0n) is 18.1.